The molecule has 0 radical (unpaired) electrons. The van der Waals surface area contributed by atoms with Gasteiger partial charge in [0.1, 0.15) is 0 Å². The van der Waals surface area contributed by atoms with Gasteiger partial charge in [0.25, 0.3) is 0 Å². The number of hydrogen-bond donors (Lipinski definition) is 2. The van der Waals surface area contributed by atoms with Crippen molar-refractivity contribution >= 4 is 0 Å². The predicted octanol–water partition coefficient (Wildman–Crippen LogP) is 1.41. The summed E-state index contributed by atoms with van der Waals surface area (Å²) in [6, 6.07) is 0. The molecule has 0 aromatic carbocycles. The quantitative estimate of drug-likeness (QED) is 0.681. The van der Waals surface area contributed by atoms with Gasteiger partial charge in [0.05, 0.1) is 25.7 Å². The van der Waals surface area contributed by atoms with Gasteiger partial charge in [-0.15, -0.1) is 0 Å². The third kappa shape index (κ3) is 5.66. The Balaban J connectivity index is 2.14. The summed E-state index contributed by atoms with van der Waals surface area (Å²) in [6.07, 6.45) is 6.83. The first-order valence-corrected chi connectivity index (χ1v) is 6.73. The SMILES string of the molecule is CC(C)=CCC[C@H](C)C[NH+]1CCC(O)CC1. The van der Waals surface area contributed by atoms with Crippen molar-refractivity contribution in [2.75, 3.05) is 19.6 Å². The van der Waals surface area contributed by atoms with Gasteiger partial charge in [-0.3, -0.25) is 0 Å². The van der Waals surface area contributed by atoms with Gasteiger partial charge in [0.15, 0.2) is 0 Å². The Morgan fingerprint density at radius 1 is 1.38 bits per heavy atom. The maximum Gasteiger partial charge on any atom is 0.0796 e. The highest BCUT2D eigenvalue weighted by Crippen LogP contribution is 2.06. The van der Waals surface area contributed by atoms with Crippen LogP contribution in [0.25, 0.3) is 0 Å². The molecule has 0 spiro atoms. The fraction of sp³-hybridized carbons (Fsp3) is 0.857. The van der Waals surface area contributed by atoms with Gasteiger partial charge in [-0.2, -0.15) is 0 Å². The van der Waals surface area contributed by atoms with Crippen molar-refractivity contribution in [1.29, 1.82) is 0 Å². The lowest BCUT2D eigenvalue weighted by Crippen LogP contribution is -3.13. The average molecular weight is 226 g/mol. The maximum atomic E-state index is 9.44. The summed E-state index contributed by atoms with van der Waals surface area (Å²) in [5, 5.41) is 9.44. The van der Waals surface area contributed by atoms with Crippen molar-refractivity contribution in [3.63, 3.8) is 0 Å². The van der Waals surface area contributed by atoms with Crippen LogP contribution in [0.3, 0.4) is 0 Å². The molecule has 1 heterocycles. The number of aliphatic hydroxyl groups is 1. The molecule has 2 N–H and O–H groups in total. The Labute approximate surface area is 100 Å². The predicted molar refractivity (Wildman–Crippen MR) is 68.6 cm³/mol. The summed E-state index contributed by atoms with van der Waals surface area (Å²) in [7, 11) is 0. The Morgan fingerprint density at radius 2 is 2.00 bits per heavy atom. The molecule has 0 bridgehead atoms. The summed E-state index contributed by atoms with van der Waals surface area (Å²) in [4.78, 5) is 1.69. The smallest absolute Gasteiger partial charge is 0.0796 e. The third-order valence-electron chi connectivity index (χ3n) is 3.51. The number of quaternary nitrogens is 1. The molecular weight excluding hydrogens is 198 g/mol. The van der Waals surface area contributed by atoms with Crippen LogP contribution in [0.1, 0.15) is 46.5 Å². The van der Waals surface area contributed by atoms with Crippen LogP contribution >= 0.6 is 0 Å². The van der Waals surface area contributed by atoms with Crippen molar-refractivity contribution in [2.45, 2.75) is 52.6 Å². The van der Waals surface area contributed by atoms with Crippen molar-refractivity contribution < 1.29 is 10.0 Å². The number of aliphatic hydroxyl groups excluding tert-OH is 1. The number of likely N-dealkylation sites (tertiary alicyclic amines) is 1. The van der Waals surface area contributed by atoms with Crippen LogP contribution in [0.15, 0.2) is 11.6 Å². The van der Waals surface area contributed by atoms with Crippen LogP contribution in [-0.4, -0.2) is 30.8 Å². The minimum Gasteiger partial charge on any atom is -0.393 e. The van der Waals surface area contributed by atoms with Crippen LogP contribution < -0.4 is 4.90 Å². The van der Waals surface area contributed by atoms with Crippen molar-refractivity contribution in [2.24, 2.45) is 5.92 Å². The lowest BCUT2D eigenvalue weighted by atomic mass is 10.0. The molecule has 1 atom stereocenters. The Kier molecular flexibility index (Phi) is 6.07. The normalized spacial score (nSPS) is 27.5. The van der Waals surface area contributed by atoms with E-state index in [-0.39, 0.29) is 6.10 Å². The van der Waals surface area contributed by atoms with Crippen molar-refractivity contribution in [3.05, 3.63) is 11.6 Å². The van der Waals surface area contributed by atoms with Gasteiger partial charge in [-0.1, -0.05) is 18.6 Å². The lowest BCUT2D eigenvalue weighted by molar-refractivity contribution is -0.909. The minimum atomic E-state index is -0.0234. The molecule has 1 aliphatic rings. The fourth-order valence-corrected chi connectivity index (χ4v) is 2.47. The van der Waals surface area contributed by atoms with Gasteiger partial charge in [-0.05, 0) is 26.7 Å². The first-order valence-electron chi connectivity index (χ1n) is 6.73. The highest BCUT2D eigenvalue weighted by atomic mass is 16.3. The van der Waals surface area contributed by atoms with Gasteiger partial charge in [0, 0.05) is 18.8 Å². The summed E-state index contributed by atoms with van der Waals surface area (Å²) >= 11 is 0. The van der Waals surface area contributed by atoms with E-state index < -0.39 is 0 Å². The molecule has 0 aromatic rings. The second-order valence-electron chi connectivity index (χ2n) is 5.65. The summed E-state index contributed by atoms with van der Waals surface area (Å²) in [5.41, 5.74) is 1.43. The summed E-state index contributed by atoms with van der Waals surface area (Å²) in [6.45, 7) is 10.3. The molecule has 2 heteroatoms. The molecule has 16 heavy (non-hydrogen) atoms. The Hall–Kier alpha value is -0.340. The van der Waals surface area contributed by atoms with E-state index >= 15 is 0 Å². The molecule has 1 aliphatic heterocycles. The monoisotopic (exact) mass is 226 g/mol. The van der Waals surface area contributed by atoms with E-state index in [4.69, 9.17) is 0 Å². The Morgan fingerprint density at radius 3 is 2.56 bits per heavy atom. The van der Waals surface area contributed by atoms with E-state index in [1.807, 2.05) is 0 Å². The summed E-state index contributed by atoms with van der Waals surface area (Å²) < 4.78 is 0. The number of hydrogen-bond acceptors (Lipinski definition) is 1. The van der Waals surface area contributed by atoms with E-state index in [2.05, 4.69) is 26.8 Å². The van der Waals surface area contributed by atoms with Crippen molar-refractivity contribution in [3.8, 4) is 0 Å². The maximum absolute atomic E-state index is 9.44. The zero-order valence-electron chi connectivity index (χ0n) is 11.1. The highest BCUT2D eigenvalue weighted by Gasteiger charge is 2.21. The van der Waals surface area contributed by atoms with Gasteiger partial charge >= 0.3 is 0 Å². The molecule has 0 aliphatic carbocycles. The molecule has 0 saturated carbocycles. The number of nitrogens with one attached hydrogen (secondary N) is 1. The van der Waals surface area contributed by atoms with Gasteiger partial charge in [-0.25, -0.2) is 0 Å². The Bertz CT molecular complexity index is 213. The standard InChI is InChI=1S/C14H27NO/c1-12(2)5-4-6-13(3)11-15-9-7-14(16)8-10-15/h5,13-14,16H,4,6-11H2,1-3H3/p+1/t13-/m0/s1. The molecule has 1 saturated heterocycles. The zero-order chi connectivity index (χ0) is 12.0. The van der Waals surface area contributed by atoms with Gasteiger partial charge in [0.2, 0.25) is 0 Å². The largest absolute Gasteiger partial charge is 0.393 e. The molecule has 0 amide bonds. The topological polar surface area (TPSA) is 24.7 Å². The molecule has 0 aromatic heterocycles. The highest BCUT2D eigenvalue weighted by molar-refractivity contribution is 4.92. The second kappa shape index (κ2) is 7.08. The van der Waals surface area contributed by atoms with Crippen LogP contribution in [0, 0.1) is 5.92 Å². The zero-order valence-corrected chi connectivity index (χ0v) is 11.1. The average Bonchev–Trinajstić information content (AvgIpc) is 2.21. The molecular formula is C14H28NO+. The third-order valence-corrected chi connectivity index (χ3v) is 3.51. The molecule has 0 unspecified atom stereocenters. The number of allylic oxidation sites excluding steroid dienone is 2. The second-order valence-corrected chi connectivity index (χ2v) is 5.65. The number of piperidine rings is 1. The van der Waals surface area contributed by atoms with Crippen LogP contribution in [0.2, 0.25) is 0 Å². The molecule has 94 valence electrons. The first kappa shape index (κ1) is 13.7. The van der Waals surface area contributed by atoms with Crippen molar-refractivity contribution in [1.82, 2.24) is 0 Å². The molecule has 1 rings (SSSR count). The lowest BCUT2D eigenvalue weighted by Gasteiger charge is -2.28. The van der Waals surface area contributed by atoms with E-state index in [1.165, 1.54) is 25.0 Å². The first-order chi connectivity index (χ1) is 7.58. The molecule has 1 fully saturated rings. The van der Waals surface area contributed by atoms with Crippen LogP contribution in [0.4, 0.5) is 0 Å². The number of rotatable bonds is 5. The minimum absolute atomic E-state index is 0.0234. The fourth-order valence-electron chi connectivity index (χ4n) is 2.47. The van der Waals surface area contributed by atoms with E-state index in [0.29, 0.717) is 0 Å². The van der Waals surface area contributed by atoms with Gasteiger partial charge < -0.3 is 10.0 Å². The summed E-state index contributed by atoms with van der Waals surface area (Å²) in [5.74, 6) is 0.806. The molecule has 2 nitrogen and oxygen atoms in total. The van der Waals surface area contributed by atoms with E-state index in [1.54, 1.807) is 4.90 Å². The van der Waals surface area contributed by atoms with E-state index in [0.717, 1.165) is 31.8 Å². The van der Waals surface area contributed by atoms with Crippen LogP contribution in [0.5, 0.6) is 0 Å². The van der Waals surface area contributed by atoms with Crippen LogP contribution in [-0.2, 0) is 0 Å². The van der Waals surface area contributed by atoms with E-state index in [9.17, 15) is 5.11 Å².